The van der Waals surface area contributed by atoms with Crippen LogP contribution in [0.15, 0.2) is 18.2 Å². The van der Waals surface area contributed by atoms with Crippen molar-refractivity contribution in [2.45, 2.75) is 38.8 Å². The summed E-state index contributed by atoms with van der Waals surface area (Å²) in [7, 11) is 0. The first-order chi connectivity index (χ1) is 9.59. The van der Waals surface area contributed by atoms with E-state index in [2.05, 4.69) is 5.32 Å². The van der Waals surface area contributed by atoms with Gasteiger partial charge in [-0.1, -0.05) is 17.7 Å². The highest BCUT2D eigenvalue weighted by Crippen LogP contribution is 2.19. The molecule has 0 aliphatic carbocycles. The summed E-state index contributed by atoms with van der Waals surface area (Å²) < 4.78 is 13.6. The zero-order valence-corrected chi connectivity index (χ0v) is 12.4. The predicted octanol–water partition coefficient (Wildman–Crippen LogP) is 2.97. The fourth-order valence-electron chi connectivity index (χ4n) is 2.43. The molecule has 110 valence electrons. The fraction of sp³-hybridized carbons (Fsp3) is 0.533. The molecule has 3 nitrogen and oxygen atoms in total. The molecule has 1 aliphatic rings. The Labute approximate surface area is 124 Å². The van der Waals surface area contributed by atoms with E-state index in [9.17, 15) is 9.18 Å². The molecule has 0 bridgehead atoms. The quantitative estimate of drug-likeness (QED) is 0.927. The SMILES string of the molecule is CC(NCc1c(F)cccc1Cl)C(=O)N1CCCCC1. The average molecular weight is 299 g/mol. The standard InChI is InChI=1S/C15H20ClFN2O/c1-11(15(20)19-8-3-2-4-9-19)18-10-12-13(16)6-5-7-14(12)17/h5-7,11,18H,2-4,8-10H2,1H3. The van der Waals surface area contributed by atoms with E-state index in [-0.39, 0.29) is 24.3 Å². The second-order valence-corrected chi connectivity index (χ2v) is 5.60. The maximum absolute atomic E-state index is 13.6. The Morgan fingerprint density at radius 3 is 2.75 bits per heavy atom. The number of hydrogen-bond donors (Lipinski definition) is 1. The van der Waals surface area contributed by atoms with Gasteiger partial charge >= 0.3 is 0 Å². The van der Waals surface area contributed by atoms with Crippen LogP contribution in [0.25, 0.3) is 0 Å². The van der Waals surface area contributed by atoms with Gasteiger partial charge in [0.05, 0.1) is 6.04 Å². The van der Waals surface area contributed by atoms with E-state index in [4.69, 9.17) is 11.6 Å². The molecule has 1 fully saturated rings. The second-order valence-electron chi connectivity index (χ2n) is 5.19. The van der Waals surface area contributed by atoms with Crippen molar-refractivity contribution in [3.63, 3.8) is 0 Å². The zero-order chi connectivity index (χ0) is 14.5. The number of amides is 1. The Morgan fingerprint density at radius 1 is 1.40 bits per heavy atom. The highest BCUT2D eigenvalue weighted by Gasteiger charge is 2.22. The van der Waals surface area contributed by atoms with Crippen molar-refractivity contribution in [1.29, 1.82) is 0 Å². The molecule has 1 atom stereocenters. The topological polar surface area (TPSA) is 32.3 Å². The molecule has 2 rings (SSSR count). The molecule has 0 spiro atoms. The number of nitrogens with zero attached hydrogens (tertiary/aromatic N) is 1. The first-order valence-electron chi connectivity index (χ1n) is 7.04. The lowest BCUT2D eigenvalue weighted by atomic mass is 10.1. The molecule has 20 heavy (non-hydrogen) atoms. The minimum atomic E-state index is -0.345. The van der Waals surface area contributed by atoms with E-state index < -0.39 is 0 Å². The number of halogens is 2. The average Bonchev–Trinajstić information content (AvgIpc) is 2.46. The van der Waals surface area contributed by atoms with Crippen molar-refractivity contribution in [3.8, 4) is 0 Å². The molecular weight excluding hydrogens is 279 g/mol. The summed E-state index contributed by atoms with van der Waals surface area (Å²) in [6.07, 6.45) is 3.33. The van der Waals surface area contributed by atoms with E-state index in [1.807, 2.05) is 11.8 Å². The molecule has 1 N–H and O–H groups in total. The molecule has 1 saturated heterocycles. The summed E-state index contributed by atoms with van der Waals surface area (Å²) >= 11 is 5.97. The third-order valence-electron chi connectivity index (χ3n) is 3.68. The van der Waals surface area contributed by atoms with Crippen LogP contribution in [0.3, 0.4) is 0 Å². The van der Waals surface area contributed by atoms with Crippen molar-refractivity contribution >= 4 is 17.5 Å². The molecule has 5 heteroatoms. The first-order valence-corrected chi connectivity index (χ1v) is 7.42. The lowest BCUT2D eigenvalue weighted by Gasteiger charge is -2.29. The molecule has 0 aromatic heterocycles. The van der Waals surface area contributed by atoms with Crippen LogP contribution in [0.5, 0.6) is 0 Å². The van der Waals surface area contributed by atoms with Gasteiger partial charge in [0.1, 0.15) is 5.82 Å². The summed E-state index contributed by atoms with van der Waals surface area (Å²) in [5.74, 6) is -0.264. The first kappa shape index (κ1) is 15.3. The van der Waals surface area contributed by atoms with Crippen LogP contribution >= 0.6 is 11.6 Å². The van der Waals surface area contributed by atoms with Gasteiger partial charge in [-0.25, -0.2) is 4.39 Å². The smallest absolute Gasteiger partial charge is 0.239 e. The van der Waals surface area contributed by atoms with Crippen LogP contribution in [-0.2, 0) is 11.3 Å². The van der Waals surface area contributed by atoms with E-state index in [1.165, 1.54) is 12.5 Å². The number of piperidine rings is 1. The van der Waals surface area contributed by atoms with E-state index in [0.717, 1.165) is 25.9 Å². The van der Waals surface area contributed by atoms with Crippen LogP contribution in [0.4, 0.5) is 4.39 Å². The van der Waals surface area contributed by atoms with Crippen molar-refractivity contribution < 1.29 is 9.18 Å². The van der Waals surface area contributed by atoms with Gasteiger partial charge in [0, 0.05) is 30.2 Å². The third-order valence-corrected chi connectivity index (χ3v) is 4.04. The van der Waals surface area contributed by atoms with Crippen LogP contribution in [-0.4, -0.2) is 29.9 Å². The number of carbonyl (C=O) groups excluding carboxylic acids is 1. The molecule has 0 saturated carbocycles. The number of benzene rings is 1. The van der Waals surface area contributed by atoms with Crippen molar-refractivity contribution in [2.24, 2.45) is 0 Å². The summed E-state index contributed by atoms with van der Waals surface area (Å²) in [6.45, 7) is 3.72. The number of likely N-dealkylation sites (tertiary alicyclic amines) is 1. The summed E-state index contributed by atoms with van der Waals surface area (Å²) in [4.78, 5) is 14.1. The highest BCUT2D eigenvalue weighted by molar-refractivity contribution is 6.31. The van der Waals surface area contributed by atoms with Crippen LogP contribution < -0.4 is 5.32 Å². The largest absolute Gasteiger partial charge is 0.341 e. The summed E-state index contributed by atoms with van der Waals surface area (Å²) in [5.41, 5.74) is 0.410. The monoisotopic (exact) mass is 298 g/mol. The number of rotatable bonds is 4. The van der Waals surface area contributed by atoms with Crippen molar-refractivity contribution in [3.05, 3.63) is 34.6 Å². The van der Waals surface area contributed by atoms with Crippen LogP contribution in [0.2, 0.25) is 5.02 Å². The fourth-order valence-corrected chi connectivity index (χ4v) is 2.66. The lowest BCUT2D eigenvalue weighted by molar-refractivity contribution is -0.133. The maximum Gasteiger partial charge on any atom is 0.239 e. The van der Waals surface area contributed by atoms with Crippen LogP contribution in [0, 0.1) is 5.82 Å². The minimum absolute atomic E-state index is 0.0807. The Hall–Kier alpha value is -1.13. The molecule has 1 heterocycles. The van der Waals surface area contributed by atoms with Gasteiger partial charge in [-0.2, -0.15) is 0 Å². The van der Waals surface area contributed by atoms with Gasteiger partial charge in [0.25, 0.3) is 0 Å². The zero-order valence-electron chi connectivity index (χ0n) is 11.7. The molecule has 1 amide bonds. The summed E-state index contributed by atoms with van der Waals surface area (Å²) in [6, 6.07) is 4.27. The maximum atomic E-state index is 13.6. The number of hydrogen-bond acceptors (Lipinski definition) is 2. The predicted molar refractivity (Wildman–Crippen MR) is 78.1 cm³/mol. The van der Waals surface area contributed by atoms with E-state index in [1.54, 1.807) is 12.1 Å². The minimum Gasteiger partial charge on any atom is -0.341 e. The Bertz CT molecular complexity index is 455. The Morgan fingerprint density at radius 2 is 2.10 bits per heavy atom. The van der Waals surface area contributed by atoms with Gasteiger partial charge in [-0.05, 0) is 38.3 Å². The highest BCUT2D eigenvalue weighted by atomic mass is 35.5. The Balaban J connectivity index is 1.91. The Kier molecular flexibility index (Phi) is 5.38. The van der Waals surface area contributed by atoms with Gasteiger partial charge in [-0.3, -0.25) is 4.79 Å². The molecule has 1 unspecified atom stereocenters. The van der Waals surface area contributed by atoms with E-state index >= 15 is 0 Å². The van der Waals surface area contributed by atoms with Gasteiger partial charge < -0.3 is 10.2 Å². The summed E-state index contributed by atoms with van der Waals surface area (Å²) in [5, 5.41) is 3.45. The molecular formula is C15H20ClFN2O. The van der Waals surface area contributed by atoms with Gasteiger partial charge in [0.15, 0.2) is 0 Å². The van der Waals surface area contributed by atoms with Crippen LogP contribution in [0.1, 0.15) is 31.7 Å². The number of carbonyl (C=O) groups is 1. The molecule has 0 radical (unpaired) electrons. The van der Waals surface area contributed by atoms with Crippen molar-refractivity contribution in [2.75, 3.05) is 13.1 Å². The molecule has 1 aromatic rings. The van der Waals surface area contributed by atoms with Gasteiger partial charge in [0.2, 0.25) is 5.91 Å². The second kappa shape index (κ2) is 7.04. The van der Waals surface area contributed by atoms with E-state index in [0.29, 0.717) is 10.6 Å². The number of nitrogens with one attached hydrogen (secondary N) is 1. The molecule has 1 aliphatic heterocycles. The van der Waals surface area contributed by atoms with Crippen molar-refractivity contribution in [1.82, 2.24) is 10.2 Å². The normalized spacial score (nSPS) is 17.1. The lowest BCUT2D eigenvalue weighted by Crippen LogP contribution is -2.46. The molecule has 1 aromatic carbocycles. The third kappa shape index (κ3) is 3.70. The van der Waals surface area contributed by atoms with Gasteiger partial charge in [-0.15, -0.1) is 0 Å².